The molecule has 0 bridgehead atoms. The van der Waals surface area contributed by atoms with Gasteiger partial charge in [-0.15, -0.1) is 10.2 Å². The molecule has 27 heavy (non-hydrogen) atoms. The lowest BCUT2D eigenvalue weighted by atomic mass is 10.1. The molecule has 1 amide bonds. The predicted molar refractivity (Wildman–Crippen MR) is 107 cm³/mol. The largest absolute Gasteiger partial charge is 0.383 e. The van der Waals surface area contributed by atoms with Gasteiger partial charge in [-0.3, -0.25) is 4.79 Å². The maximum Gasteiger partial charge on any atom is 0.255 e. The molecule has 3 rings (SSSR count). The van der Waals surface area contributed by atoms with Gasteiger partial charge in [0.2, 0.25) is 0 Å². The number of aromatic nitrogens is 3. The second-order valence-electron chi connectivity index (χ2n) is 6.01. The van der Waals surface area contributed by atoms with Gasteiger partial charge in [0, 0.05) is 30.2 Å². The van der Waals surface area contributed by atoms with E-state index in [4.69, 9.17) is 4.74 Å². The fourth-order valence-electron chi connectivity index (χ4n) is 2.57. The average Bonchev–Trinajstić information content (AvgIpc) is 3.14. The van der Waals surface area contributed by atoms with Crippen molar-refractivity contribution in [3.63, 3.8) is 0 Å². The summed E-state index contributed by atoms with van der Waals surface area (Å²) in [7, 11) is 1.68. The van der Waals surface area contributed by atoms with Crippen molar-refractivity contribution in [1.29, 1.82) is 0 Å². The Balaban J connectivity index is 1.68. The summed E-state index contributed by atoms with van der Waals surface area (Å²) in [5, 5.41) is 12.1. The van der Waals surface area contributed by atoms with Crippen LogP contribution in [0.25, 0.3) is 0 Å². The second kappa shape index (κ2) is 9.34. The van der Waals surface area contributed by atoms with E-state index in [1.165, 1.54) is 0 Å². The number of thioether (sulfide) groups is 1. The third-order valence-electron chi connectivity index (χ3n) is 4.05. The molecule has 1 atom stereocenters. The third-order valence-corrected chi connectivity index (χ3v) is 5.20. The Morgan fingerprint density at radius 3 is 2.81 bits per heavy atom. The predicted octanol–water partition coefficient (Wildman–Crippen LogP) is 4.03. The summed E-state index contributed by atoms with van der Waals surface area (Å²) in [6.45, 7) is 3.44. The number of nitrogens with one attached hydrogen (secondary N) is 1. The first kappa shape index (κ1) is 19.1. The molecule has 0 fully saturated rings. The zero-order valence-corrected chi connectivity index (χ0v) is 16.1. The zero-order chi connectivity index (χ0) is 19.1. The lowest BCUT2D eigenvalue weighted by molar-refractivity contribution is 0.102. The highest BCUT2D eigenvalue weighted by Gasteiger charge is 2.14. The van der Waals surface area contributed by atoms with E-state index in [2.05, 4.69) is 22.4 Å². The van der Waals surface area contributed by atoms with Gasteiger partial charge in [-0.2, -0.15) is 0 Å². The van der Waals surface area contributed by atoms with Crippen LogP contribution in [0.5, 0.6) is 0 Å². The number of ether oxygens (including phenoxy) is 1. The number of nitrogens with zero attached hydrogens (tertiary/aromatic N) is 3. The number of benzene rings is 2. The Morgan fingerprint density at radius 2 is 2.04 bits per heavy atom. The second-order valence-corrected chi connectivity index (χ2v) is 7.31. The van der Waals surface area contributed by atoms with Crippen LogP contribution in [0.2, 0.25) is 0 Å². The number of carbonyl (C=O) groups excluding carboxylic acids is 1. The first-order valence-electron chi connectivity index (χ1n) is 8.67. The van der Waals surface area contributed by atoms with Crippen LogP contribution in [0.15, 0.2) is 66.1 Å². The van der Waals surface area contributed by atoms with E-state index in [-0.39, 0.29) is 11.2 Å². The van der Waals surface area contributed by atoms with E-state index in [0.29, 0.717) is 18.7 Å². The van der Waals surface area contributed by atoms with Gasteiger partial charge in [0.25, 0.3) is 5.91 Å². The van der Waals surface area contributed by atoms with Gasteiger partial charge in [-0.25, -0.2) is 0 Å². The van der Waals surface area contributed by atoms with Crippen molar-refractivity contribution < 1.29 is 9.53 Å². The van der Waals surface area contributed by atoms with Crippen molar-refractivity contribution in [2.24, 2.45) is 0 Å². The minimum atomic E-state index is -0.118. The number of hydrogen-bond donors (Lipinski definition) is 1. The highest BCUT2D eigenvalue weighted by Crippen LogP contribution is 2.34. The molecule has 0 radical (unpaired) electrons. The SMILES string of the molecule is COCCn1cnnc1S[C@H](C)c1cccc(NC(=O)c2ccccc2)c1. The topological polar surface area (TPSA) is 69.0 Å². The molecule has 2 aromatic carbocycles. The number of carbonyl (C=O) groups is 1. The van der Waals surface area contributed by atoms with Gasteiger partial charge in [-0.05, 0) is 36.8 Å². The molecule has 0 saturated heterocycles. The van der Waals surface area contributed by atoms with Gasteiger partial charge in [0.05, 0.1) is 6.61 Å². The maximum atomic E-state index is 12.3. The lowest BCUT2D eigenvalue weighted by Crippen LogP contribution is -2.11. The van der Waals surface area contributed by atoms with Crippen LogP contribution in [-0.2, 0) is 11.3 Å². The monoisotopic (exact) mass is 382 g/mol. The van der Waals surface area contributed by atoms with E-state index in [9.17, 15) is 4.79 Å². The number of hydrogen-bond acceptors (Lipinski definition) is 5. The molecule has 0 aliphatic rings. The van der Waals surface area contributed by atoms with Crippen molar-refractivity contribution in [3.05, 3.63) is 72.1 Å². The molecule has 6 nitrogen and oxygen atoms in total. The van der Waals surface area contributed by atoms with Crippen molar-refractivity contribution in [1.82, 2.24) is 14.8 Å². The Labute approximate surface area is 163 Å². The fourth-order valence-corrected chi connectivity index (χ4v) is 3.53. The Kier molecular flexibility index (Phi) is 6.62. The number of rotatable bonds is 8. The maximum absolute atomic E-state index is 12.3. The summed E-state index contributed by atoms with van der Waals surface area (Å²) in [6.07, 6.45) is 1.71. The summed E-state index contributed by atoms with van der Waals surface area (Å²) in [5.74, 6) is -0.118. The highest BCUT2D eigenvalue weighted by atomic mass is 32.2. The van der Waals surface area contributed by atoms with Crippen LogP contribution in [0.3, 0.4) is 0 Å². The van der Waals surface area contributed by atoms with Crippen molar-refractivity contribution >= 4 is 23.4 Å². The summed E-state index contributed by atoms with van der Waals surface area (Å²) in [6, 6.07) is 17.1. The van der Waals surface area contributed by atoms with Crippen molar-refractivity contribution in [2.75, 3.05) is 19.0 Å². The van der Waals surface area contributed by atoms with Gasteiger partial charge in [0.15, 0.2) is 5.16 Å². The van der Waals surface area contributed by atoms with Crippen LogP contribution in [0.1, 0.15) is 28.1 Å². The first-order chi connectivity index (χ1) is 13.2. The van der Waals surface area contributed by atoms with Crippen LogP contribution in [0, 0.1) is 0 Å². The minimum absolute atomic E-state index is 0.118. The molecular formula is C20H22N4O2S. The zero-order valence-electron chi connectivity index (χ0n) is 15.3. The standard InChI is InChI=1S/C20H22N4O2S/c1-15(27-20-23-21-14-24(20)11-12-26-2)17-9-6-10-18(13-17)22-19(25)16-7-4-3-5-8-16/h3-10,13-15H,11-12H2,1-2H3,(H,22,25)/t15-/m1/s1. The molecule has 0 saturated carbocycles. The van der Waals surface area contributed by atoms with E-state index < -0.39 is 0 Å². The molecular weight excluding hydrogens is 360 g/mol. The molecule has 140 valence electrons. The third kappa shape index (κ3) is 5.18. The average molecular weight is 382 g/mol. The number of methoxy groups -OCH3 is 1. The lowest BCUT2D eigenvalue weighted by Gasteiger charge is -2.14. The minimum Gasteiger partial charge on any atom is -0.383 e. The molecule has 1 N–H and O–H groups in total. The van der Waals surface area contributed by atoms with Crippen LogP contribution < -0.4 is 5.32 Å². The van der Waals surface area contributed by atoms with Gasteiger partial charge in [0.1, 0.15) is 6.33 Å². The number of amides is 1. The fraction of sp³-hybridized carbons (Fsp3) is 0.250. The Hall–Kier alpha value is -2.64. The van der Waals surface area contributed by atoms with Crippen LogP contribution in [0.4, 0.5) is 5.69 Å². The Morgan fingerprint density at radius 1 is 1.22 bits per heavy atom. The summed E-state index contributed by atoms with van der Waals surface area (Å²) in [4.78, 5) is 12.3. The molecule has 3 aromatic rings. The van der Waals surface area contributed by atoms with E-state index in [1.54, 1.807) is 37.3 Å². The molecule has 1 aromatic heterocycles. The van der Waals surface area contributed by atoms with Gasteiger partial charge < -0.3 is 14.6 Å². The summed E-state index contributed by atoms with van der Waals surface area (Å²) < 4.78 is 7.10. The molecule has 7 heteroatoms. The quantitative estimate of drug-likeness (QED) is 0.596. The van der Waals surface area contributed by atoms with Crippen molar-refractivity contribution in [3.8, 4) is 0 Å². The molecule has 1 heterocycles. The van der Waals surface area contributed by atoms with Crippen molar-refractivity contribution in [2.45, 2.75) is 23.9 Å². The molecule has 0 aliphatic heterocycles. The van der Waals surface area contributed by atoms with Crippen LogP contribution in [-0.4, -0.2) is 34.4 Å². The Bertz CT molecular complexity index is 882. The van der Waals surface area contributed by atoms with Gasteiger partial charge >= 0.3 is 0 Å². The summed E-state index contributed by atoms with van der Waals surface area (Å²) >= 11 is 1.63. The molecule has 0 aliphatic carbocycles. The smallest absolute Gasteiger partial charge is 0.255 e. The van der Waals surface area contributed by atoms with E-state index in [0.717, 1.165) is 16.4 Å². The normalized spacial score (nSPS) is 11.9. The molecule has 0 spiro atoms. The van der Waals surface area contributed by atoms with Gasteiger partial charge in [-0.1, -0.05) is 42.1 Å². The van der Waals surface area contributed by atoms with Crippen LogP contribution >= 0.6 is 11.8 Å². The van der Waals surface area contributed by atoms with E-state index in [1.807, 2.05) is 47.0 Å². The summed E-state index contributed by atoms with van der Waals surface area (Å²) in [5.41, 5.74) is 2.51. The van der Waals surface area contributed by atoms with E-state index >= 15 is 0 Å². The first-order valence-corrected chi connectivity index (χ1v) is 9.55. The molecule has 0 unspecified atom stereocenters. The number of anilines is 1. The highest BCUT2D eigenvalue weighted by molar-refractivity contribution is 7.99.